The van der Waals surface area contributed by atoms with Gasteiger partial charge >= 0.3 is 0 Å². The van der Waals surface area contributed by atoms with Crippen LogP contribution < -0.4 is 10.2 Å². The molecule has 1 amide bonds. The van der Waals surface area contributed by atoms with Gasteiger partial charge in [-0.3, -0.25) is 9.69 Å². The largest absolute Gasteiger partial charge is 0.348 e. The third-order valence-electron chi connectivity index (χ3n) is 6.76. The summed E-state index contributed by atoms with van der Waals surface area (Å²) in [5, 5.41) is 3.54. The fourth-order valence-electron chi connectivity index (χ4n) is 5.28. The second-order valence-corrected chi connectivity index (χ2v) is 9.15. The van der Waals surface area contributed by atoms with E-state index in [2.05, 4.69) is 55.4 Å². The van der Waals surface area contributed by atoms with Crippen LogP contribution in [0.25, 0.3) is 0 Å². The molecule has 0 saturated carbocycles. The molecule has 1 aromatic heterocycles. The number of rotatable bonds is 5. The van der Waals surface area contributed by atoms with Crippen LogP contribution in [0, 0.1) is 0 Å². The summed E-state index contributed by atoms with van der Waals surface area (Å²) in [5.41, 5.74) is 1.66. The molecule has 2 atom stereocenters. The third kappa shape index (κ3) is 4.03. The Labute approximate surface area is 182 Å². The van der Waals surface area contributed by atoms with Crippen LogP contribution in [-0.2, 0) is 6.54 Å². The minimum absolute atomic E-state index is 0.170. The average Bonchev–Trinajstić information content (AvgIpc) is 3.36. The number of hydrogen-bond donors (Lipinski definition) is 1. The molecule has 7 heteroatoms. The maximum absolute atomic E-state index is 13.0. The first-order valence-corrected chi connectivity index (χ1v) is 11.4. The molecule has 0 radical (unpaired) electrons. The summed E-state index contributed by atoms with van der Waals surface area (Å²) in [7, 11) is 0. The van der Waals surface area contributed by atoms with Crippen LogP contribution in [0.15, 0.2) is 36.5 Å². The quantitative estimate of drug-likeness (QED) is 0.792. The zero-order valence-corrected chi connectivity index (χ0v) is 17.9. The molecule has 158 valence electrons. The lowest BCUT2D eigenvalue weighted by Crippen LogP contribution is -2.50. The Bertz CT molecular complexity index is 888. The molecule has 0 aliphatic carbocycles. The van der Waals surface area contributed by atoms with Crippen molar-refractivity contribution < 1.29 is 4.79 Å². The Morgan fingerprint density at radius 3 is 2.50 bits per heavy atom. The molecule has 6 nitrogen and oxygen atoms in total. The zero-order valence-electron chi connectivity index (χ0n) is 17.1. The normalized spacial score (nSPS) is 26.2. The zero-order chi connectivity index (χ0) is 20.5. The lowest BCUT2D eigenvalue weighted by molar-refractivity contribution is 0.0823. The van der Waals surface area contributed by atoms with E-state index in [1.807, 2.05) is 0 Å². The van der Waals surface area contributed by atoms with Crippen molar-refractivity contribution in [1.29, 1.82) is 0 Å². The second kappa shape index (κ2) is 8.52. The number of hydrogen-bond acceptors (Lipinski definition) is 5. The van der Waals surface area contributed by atoms with Gasteiger partial charge in [0.2, 0.25) is 5.95 Å². The number of carbonyl (C=O) groups is 1. The van der Waals surface area contributed by atoms with E-state index in [1.54, 1.807) is 6.20 Å². The van der Waals surface area contributed by atoms with Gasteiger partial charge < -0.3 is 10.2 Å². The average molecular weight is 426 g/mol. The highest BCUT2D eigenvalue weighted by Crippen LogP contribution is 2.37. The van der Waals surface area contributed by atoms with Crippen molar-refractivity contribution in [3.63, 3.8) is 0 Å². The number of piperidine rings is 1. The van der Waals surface area contributed by atoms with Crippen molar-refractivity contribution in [2.24, 2.45) is 0 Å². The van der Waals surface area contributed by atoms with Crippen LogP contribution in [0.5, 0.6) is 0 Å². The summed E-state index contributed by atoms with van der Waals surface area (Å²) in [6.07, 6.45) is 8.21. The van der Waals surface area contributed by atoms with Gasteiger partial charge in [-0.05, 0) is 44.1 Å². The molecule has 1 N–H and O–H groups in total. The Morgan fingerprint density at radius 1 is 1.10 bits per heavy atom. The van der Waals surface area contributed by atoms with Gasteiger partial charge in [0.25, 0.3) is 5.91 Å². The predicted octanol–water partition coefficient (Wildman–Crippen LogP) is 3.66. The standard InChI is InChI=1S/C23H28ClN5O/c24-20-14-25-23(28-10-4-5-11-28)27-21(20)22(30)26-17-12-18-8-9-19(13-17)29(18)15-16-6-2-1-3-7-16/h1-3,6-7,14,17-19H,4-5,8-13,15H2,(H,26,30). The van der Waals surface area contributed by atoms with Crippen LogP contribution in [0.3, 0.4) is 0 Å². The molecule has 4 heterocycles. The topological polar surface area (TPSA) is 61.4 Å². The monoisotopic (exact) mass is 425 g/mol. The van der Waals surface area contributed by atoms with E-state index >= 15 is 0 Å². The molecule has 5 rings (SSSR count). The number of fused-ring (bicyclic) bond motifs is 2. The summed E-state index contributed by atoms with van der Waals surface area (Å²) < 4.78 is 0. The number of nitrogens with one attached hydrogen (secondary N) is 1. The summed E-state index contributed by atoms with van der Waals surface area (Å²) >= 11 is 6.29. The van der Waals surface area contributed by atoms with Gasteiger partial charge in [0, 0.05) is 37.8 Å². The van der Waals surface area contributed by atoms with Gasteiger partial charge in [-0.2, -0.15) is 0 Å². The highest BCUT2D eigenvalue weighted by Gasteiger charge is 2.41. The molecule has 0 spiro atoms. The van der Waals surface area contributed by atoms with Crippen molar-refractivity contribution in [3.05, 3.63) is 52.8 Å². The second-order valence-electron chi connectivity index (χ2n) is 8.75. The van der Waals surface area contributed by atoms with Gasteiger partial charge in [0.1, 0.15) is 0 Å². The number of carbonyl (C=O) groups excluding carboxylic acids is 1. The number of benzene rings is 1. The fraction of sp³-hybridized carbons (Fsp3) is 0.522. The minimum Gasteiger partial charge on any atom is -0.348 e. The van der Waals surface area contributed by atoms with Gasteiger partial charge in [0.15, 0.2) is 5.69 Å². The lowest BCUT2D eigenvalue weighted by Gasteiger charge is -2.39. The van der Waals surface area contributed by atoms with Crippen LogP contribution in [-0.4, -0.2) is 52.0 Å². The molecule has 30 heavy (non-hydrogen) atoms. The number of anilines is 1. The van der Waals surface area contributed by atoms with Gasteiger partial charge in [-0.25, -0.2) is 9.97 Å². The SMILES string of the molecule is O=C(NC1CC2CCC(C1)N2Cc1ccccc1)c1nc(N2CCCC2)ncc1Cl. The Morgan fingerprint density at radius 2 is 1.80 bits per heavy atom. The maximum Gasteiger partial charge on any atom is 0.271 e. The molecule has 2 unspecified atom stereocenters. The number of aromatic nitrogens is 2. The highest BCUT2D eigenvalue weighted by molar-refractivity contribution is 6.33. The first-order chi connectivity index (χ1) is 14.7. The summed E-state index contributed by atoms with van der Waals surface area (Å²) in [6, 6.07) is 11.9. The van der Waals surface area contributed by atoms with Crippen LogP contribution in [0.1, 0.15) is 54.6 Å². The number of halogens is 1. The van der Waals surface area contributed by atoms with E-state index in [1.165, 1.54) is 18.4 Å². The molecule has 1 aromatic carbocycles. The smallest absolute Gasteiger partial charge is 0.271 e. The Balaban J connectivity index is 1.24. The summed E-state index contributed by atoms with van der Waals surface area (Å²) in [6.45, 7) is 2.87. The molecule has 3 saturated heterocycles. The van der Waals surface area contributed by atoms with Crippen molar-refractivity contribution in [1.82, 2.24) is 20.2 Å². The maximum atomic E-state index is 13.0. The molecular formula is C23H28ClN5O. The Kier molecular flexibility index (Phi) is 5.61. The van der Waals surface area contributed by atoms with E-state index in [0.29, 0.717) is 28.7 Å². The number of nitrogens with zero attached hydrogens (tertiary/aromatic N) is 4. The number of amides is 1. The minimum atomic E-state index is -0.177. The van der Waals surface area contributed by atoms with E-state index in [-0.39, 0.29) is 11.9 Å². The van der Waals surface area contributed by atoms with Crippen molar-refractivity contribution >= 4 is 23.5 Å². The van der Waals surface area contributed by atoms with Crippen LogP contribution in [0.2, 0.25) is 5.02 Å². The van der Waals surface area contributed by atoms with Crippen molar-refractivity contribution in [2.75, 3.05) is 18.0 Å². The van der Waals surface area contributed by atoms with Crippen LogP contribution >= 0.6 is 11.6 Å². The van der Waals surface area contributed by atoms with Crippen molar-refractivity contribution in [2.45, 2.75) is 63.2 Å². The van der Waals surface area contributed by atoms with Crippen LogP contribution in [0.4, 0.5) is 5.95 Å². The molecule has 3 aliphatic heterocycles. The molecule has 3 aliphatic rings. The lowest BCUT2D eigenvalue weighted by atomic mass is 9.96. The van der Waals surface area contributed by atoms with Gasteiger partial charge in [-0.1, -0.05) is 41.9 Å². The summed E-state index contributed by atoms with van der Waals surface area (Å²) in [5.74, 6) is 0.434. The third-order valence-corrected chi connectivity index (χ3v) is 7.04. The highest BCUT2D eigenvalue weighted by atomic mass is 35.5. The van der Waals surface area contributed by atoms with Gasteiger partial charge in [-0.15, -0.1) is 0 Å². The fourth-order valence-corrected chi connectivity index (χ4v) is 5.46. The molecular weight excluding hydrogens is 398 g/mol. The van der Waals surface area contributed by atoms with Gasteiger partial charge in [0.05, 0.1) is 11.2 Å². The first-order valence-electron chi connectivity index (χ1n) is 11.1. The van der Waals surface area contributed by atoms with E-state index in [4.69, 9.17) is 11.6 Å². The van der Waals surface area contributed by atoms with Crippen molar-refractivity contribution in [3.8, 4) is 0 Å². The predicted molar refractivity (Wildman–Crippen MR) is 118 cm³/mol. The molecule has 2 bridgehead atoms. The van der Waals surface area contributed by atoms with E-state index in [0.717, 1.165) is 45.3 Å². The molecule has 3 fully saturated rings. The molecule has 2 aromatic rings. The summed E-state index contributed by atoms with van der Waals surface area (Å²) in [4.78, 5) is 26.6. The Hall–Kier alpha value is -2.18. The van der Waals surface area contributed by atoms with E-state index < -0.39 is 0 Å². The van der Waals surface area contributed by atoms with E-state index in [9.17, 15) is 4.79 Å². The first kappa shape index (κ1) is 19.8.